The van der Waals surface area contributed by atoms with Crippen molar-refractivity contribution in [3.05, 3.63) is 58.3 Å². The Bertz CT molecular complexity index is 921. The highest BCUT2D eigenvalue weighted by atomic mass is 16.1. The number of rotatable bonds is 2. The van der Waals surface area contributed by atoms with Crippen LogP contribution in [0, 0.1) is 11.3 Å². The molecule has 5 heteroatoms. The lowest BCUT2D eigenvalue weighted by molar-refractivity contribution is 0.919. The molecule has 21 heavy (non-hydrogen) atoms. The molecule has 0 spiro atoms. The van der Waals surface area contributed by atoms with Crippen molar-refractivity contribution in [2.24, 2.45) is 0 Å². The molecular weight excluding hydrogens is 264 g/mol. The molecule has 5 nitrogen and oxygen atoms in total. The average molecular weight is 276 g/mol. The van der Waals surface area contributed by atoms with E-state index in [0.29, 0.717) is 11.1 Å². The highest BCUT2D eigenvalue weighted by molar-refractivity contribution is 5.88. The lowest BCUT2D eigenvalue weighted by Gasteiger charge is -2.07. The molecule has 0 fully saturated rings. The van der Waals surface area contributed by atoms with Gasteiger partial charge in [-0.15, -0.1) is 0 Å². The number of aromatic amines is 1. The summed E-state index contributed by atoms with van der Waals surface area (Å²) in [6.07, 6.45) is 2.31. The molecule has 0 radical (unpaired) electrons. The highest BCUT2D eigenvalue weighted by Crippen LogP contribution is 2.26. The Morgan fingerprint density at radius 3 is 2.90 bits per heavy atom. The Morgan fingerprint density at radius 1 is 1.29 bits per heavy atom. The van der Waals surface area contributed by atoms with Gasteiger partial charge in [-0.05, 0) is 36.2 Å². The Labute approximate surface area is 120 Å². The van der Waals surface area contributed by atoms with Crippen LogP contribution in [0.4, 0.5) is 0 Å². The fourth-order valence-electron chi connectivity index (χ4n) is 2.38. The maximum absolute atomic E-state index is 11.8. The van der Waals surface area contributed by atoms with Gasteiger partial charge in [-0.25, -0.2) is 10.1 Å². The Morgan fingerprint density at radius 2 is 2.14 bits per heavy atom. The van der Waals surface area contributed by atoms with E-state index in [0.717, 1.165) is 28.6 Å². The predicted octanol–water partition coefficient (Wildman–Crippen LogP) is 2.42. The molecule has 2 aromatic heterocycles. The topological polar surface area (TPSA) is 82.4 Å². The first-order valence-corrected chi connectivity index (χ1v) is 6.61. The Balaban J connectivity index is 2.31. The molecule has 2 heterocycles. The Hall–Kier alpha value is -3.00. The number of hydrogen-bond donors (Lipinski definition) is 1. The standard InChI is InChI=1S/C16H12N4O/c1-2-14-13-8-10(5-6-12(13)16(21)20-19-14)11-4-3-7-18-15(11)9-17/h3-8H,2H2,1H3,(H,20,21). The van der Waals surface area contributed by atoms with Crippen molar-refractivity contribution in [3.8, 4) is 17.2 Å². The van der Waals surface area contributed by atoms with Crippen LogP contribution in [0.25, 0.3) is 21.9 Å². The van der Waals surface area contributed by atoms with Crippen LogP contribution >= 0.6 is 0 Å². The number of pyridine rings is 1. The van der Waals surface area contributed by atoms with Gasteiger partial charge >= 0.3 is 0 Å². The summed E-state index contributed by atoms with van der Waals surface area (Å²) in [4.78, 5) is 15.9. The lowest BCUT2D eigenvalue weighted by atomic mass is 10.00. The van der Waals surface area contributed by atoms with E-state index in [4.69, 9.17) is 5.26 Å². The molecule has 0 aliphatic rings. The zero-order chi connectivity index (χ0) is 14.8. The summed E-state index contributed by atoms with van der Waals surface area (Å²) in [6, 6.07) is 11.2. The maximum atomic E-state index is 11.8. The summed E-state index contributed by atoms with van der Waals surface area (Å²) >= 11 is 0. The first kappa shape index (κ1) is 13.0. The van der Waals surface area contributed by atoms with Gasteiger partial charge in [0, 0.05) is 17.1 Å². The third kappa shape index (κ3) is 2.17. The molecule has 102 valence electrons. The number of benzene rings is 1. The smallest absolute Gasteiger partial charge is 0.267 e. The van der Waals surface area contributed by atoms with E-state index < -0.39 is 0 Å². The molecule has 0 unspecified atom stereocenters. The zero-order valence-electron chi connectivity index (χ0n) is 11.4. The van der Waals surface area contributed by atoms with E-state index in [-0.39, 0.29) is 5.56 Å². The van der Waals surface area contributed by atoms with Crippen molar-refractivity contribution in [1.29, 1.82) is 5.26 Å². The van der Waals surface area contributed by atoms with Crippen LogP contribution in [0.15, 0.2) is 41.3 Å². The summed E-state index contributed by atoms with van der Waals surface area (Å²) in [7, 11) is 0. The number of nitrogens with one attached hydrogen (secondary N) is 1. The van der Waals surface area contributed by atoms with Crippen molar-refractivity contribution in [2.75, 3.05) is 0 Å². The van der Waals surface area contributed by atoms with Crippen LogP contribution in [-0.2, 0) is 6.42 Å². The van der Waals surface area contributed by atoms with E-state index in [1.807, 2.05) is 25.1 Å². The normalized spacial score (nSPS) is 10.5. The minimum absolute atomic E-state index is 0.208. The van der Waals surface area contributed by atoms with Crippen molar-refractivity contribution in [1.82, 2.24) is 15.2 Å². The van der Waals surface area contributed by atoms with Gasteiger partial charge < -0.3 is 0 Å². The fraction of sp³-hybridized carbons (Fsp3) is 0.125. The lowest BCUT2D eigenvalue weighted by Crippen LogP contribution is -2.10. The molecule has 1 aromatic carbocycles. The van der Waals surface area contributed by atoms with Gasteiger partial charge in [0.25, 0.3) is 5.56 Å². The third-order valence-electron chi connectivity index (χ3n) is 3.43. The van der Waals surface area contributed by atoms with Gasteiger partial charge in [0.05, 0.1) is 11.1 Å². The van der Waals surface area contributed by atoms with E-state index in [9.17, 15) is 4.79 Å². The Kier molecular flexibility index (Phi) is 3.20. The van der Waals surface area contributed by atoms with Gasteiger partial charge in [-0.1, -0.05) is 13.0 Å². The van der Waals surface area contributed by atoms with Gasteiger partial charge in [0.2, 0.25) is 0 Å². The minimum Gasteiger partial charge on any atom is -0.267 e. The largest absolute Gasteiger partial charge is 0.272 e. The van der Waals surface area contributed by atoms with Crippen molar-refractivity contribution < 1.29 is 0 Å². The molecule has 0 atom stereocenters. The fourth-order valence-corrected chi connectivity index (χ4v) is 2.38. The number of nitriles is 1. The first-order chi connectivity index (χ1) is 10.2. The van der Waals surface area contributed by atoms with Gasteiger partial charge in [0.15, 0.2) is 0 Å². The SMILES string of the molecule is CCc1n[nH]c(=O)c2ccc(-c3cccnc3C#N)cc12. The number of nitrogens with zero attached hydrogens (tertiary/aromatic N) is 3. The van der Waals surface area contributed by atoms with Crippen LogP contribution in [0.5, 0.6) is 0 Å². The van der Waals surface area contributed by atoms with Crippen molar-refractivity contribution in [3.63, 3.8) is 0 Å². The minimum atomic E-state index is -0.208. The van der Waals surface area contributed by atoms with Gasteiger partial charge in [0.1, 0.15) is 11.8 Å². The summed E-state index contributed by atoms with van der Waals surface area (Å²) in [5.74, 6) is 0. The molecule has 0 aliphatic heterocycles. The second-order valence-corrected chi connectivity index (χ2v) is 4.62. The number of aryl methyl sites for hydroxylation is 1. The zero-order valence-corrected chi connectivity index (χ0v) is 11.4. The predicted molar refractivity (Wildman–Crippen MR) is 79.7 cm³/mol. The van der Waals surface area contributed by atoms with Crippen molar-refractivity contribution in [2.45, 2.75) is 13.3 Å². The summed E-state index contributed by atoms with van der Waals surface area (Å²) < 4.78 is 0. The highest BCUT2D eigenvalue weighted by Gasteiger charge is 2.10. The second-order valence-electron chi connectivity index (χ2n) is 4.62. The second kappa shape index (κ2) is 5.17. The molecule has 3 aromatic rings. The monoisotopic (exact) mass is 276 g/mol. The molecular formula is C16H12N4O. The quantitative estimate of drug-likeness (QED) is 0.779. The van der Waals surface area contributed by atoms with Crippen LogP contribution in [-0.4, -0.2) is 15.2 Å². The number of aromatic nitrogens is 3. The summed E-state index contributed by atoms with van der Waals surface area (Å²) in [5, 5.41) is 17.2. The van der Waals surface area contributed by atoms with E-state index in [1.54, 1.807) is 18.3 Å². The van der Waals surface area contributed by atoms with Crippen LogP contribution in [0.1, 0.15) is 18.3 Å². The maximum Gasteiger partial charge on any atom is 0.272 e. The number of fused-ring (bicyclic) bond motifs is 1. The first-order valence-electron chi connectivity index (χ1n) is 6.61. The van der Waals surface area contributed by atoms with Crippen LogP contribution in [0.2, 0.25) is 0 Å². The molecule has 0 saturated carbocycles. The summed E-state index contributed by atoms with van der Waals surface area (Å²) in [6.45, 7) is 1.98. The molecule has 0 amide bonds. The molecule has 0 aliphatic carbocycles. The van der Waals surface area contributed by atoms with Crippen LogP contribution in [0.3, 0.4) is 0 Å². The van der Waals surface area contributed by atoms with E-state index in [1.165, 1.54) is 0 Å². The van der Waals surface area contributed by atoms with Gasteiger partial charge in [-0.3, -0.25) is 4.79 Å². The molecule has 1 N–H and O–H groups in total. The molecule has 3 rings (SSSR count). The number of hydrogen-bond acceptors (Lipinski definition) is 4. The third-order valence-corrected chi connectivity index (χ3v) is 3.43. The molecule has 0 bridgehead atoms. The van der Waals surface area contributed by atoms with Crippen molar-refractivity contribution >= 4 is 10.8 Å². The summed E-state index contributed by atoms with van der Waals surface area (Å²) in [5.41, 5.74) is 2.60. The number of H-pyrrole nitrogens is 1. The van der Waals surface area contributed by atoms with E-state index in [2.05, 4.69) is 21.3 Å². The van der Waals surface area contributed by atoms with E-state index >= 15 is 0 Å². The average Bonchev–Trinajstić information content (AvgIpc) is 2.55. The molecule has 0 saturated heterocycles. The van der Waals surface area contributed by atoms with Crippen LogP contribution < -0.4 is 5.56 Å². The van der Waals surface area contributed by atoms with Gasteiger partial charge in [-0.2, -0.15) is 10.4 Å².